The lowest BCUT2D eigenvalue weighted by molar-refractivity contribution is 0.111. The van der Waals surface area contributed by atoms with Gasteiger partial charge in [0, 0.05) is 35.8 Å². The monoisotopic (exact) mass is 460 g/mol. The second-order valence-corrected chi connectivity index (χ2v) is 11.3. The summed E-state index contributed by atoms with van der Waals surface area (Å²) >= 11 is 0. The van der Waals surface area contributed by atoms with E-state index in [0.717, 1.165) is 19.5 Å². The van der Waals surface area contributed by atoms with Crippen molar-refractivity contribution in [2.24, 2.45) is 5.92 Å². The van der Waals surface area contributed by atoms with Crippen molar-refractivity contribution >= 4 is 0 Å². The van der Waals surface area contributed by atoms with Crippen molar-refractivity contribution in [1.82, 2.24) is 10.2 Å². The number of nitrogens with one attached hydrogen (secondary N) is 1. The van der Waals surface area contributed by atoms with Crippen LogP contribution in [0, 0.1) is 12.8 Å². The lowest BCUT2D eigenvalue weighted by atomic mass is 9.78. The third-order valence-corrected chi connectivity index (χ3v) is 8.81. The lowest BCUT2D eigenvalue weighted by Crippen LogP contribution is -2.53. The summed E-state index contributed by atoms with van der Waals surface area (Å²) in [6, 6.07) is 5.75. The molecule has 4 rings (SSSR count). The van der Waals surface area contributed by atoms with Crippen LogP contribution in [-0.2, 0) is 12.8 Å². The van der Waals surface area contributed by atoms with Gasteiger partial charge in [0.2, 0.25) is 0 Å². The zero-order valence-corrected chi connectivity index (χ0v) is 22.6. The Kier molecular flexibility index (Phi) is 8.40. The summed E-state index contributed by atoms with van der Waals surface area (Å²) in [6.45, 7) is 18.0. The van der Waals surface area contributed by atoms with Crippen LogP contribution >= 0.6 is 0 Å². The Morgan fingerprint density at radius 2 is 1.88 bits per heavy atom. The van der Waals surface area contributed by atoms with E-state index in [0.29, 0.717) is 17.9 Å². The second kappa shape index (κ2) is 11.3. The molecule has 2 aliphatic heterocycles. The van der Waals surface area contributed by atoms with E-state index in [1.165, 1.54) is 74.7 Å². The van der Waals surface area contributed by atoms with E-state index >= 15 is 0 Å². The molecule has 1 saturated heterocycles. The molecule has 1 N–H and O–H groups in total. The zero-order valence-electron chi connectivity index (χ0n) is 22.6. The van der Waals surface area contributed by atoms with E-state index in [9.17, 15) is 0 Å². The van der Waals surface area contributed by atoms with Crippen LogP contribution in [0.3, 0.4) is 0 Å². The quantitative estimate of drug-likeness (QED) is 0.281. The number of rotatable bonds is 10. The standard InChI is InChI=1S/C32H48N2/c1-7-8-9-12-27-19-23(3)32(28-13-10-11-22(2)18-28)29(20-27)16-17-33-21-30-14-15-31-24(4)25(5)34(31)26(30)6/h18-20,24,28,31,33H,5,7-17,21H2,1-4,6H3. The Hall–Kier alpha value is -1.80. The molecule has 34 heavy (non-hydrogen) atoms. The first kappa shape index (κ1) is 25.3. The van der Waals surface area contributed by atoms with E-state index in [2.05, 4.69) is 69.6 Å². The third kappa shape index (κ3) is 5.38. The van der Waals surface area contributed by atoms with Crippen LogP contribution in [0.15, 0.2) is 47.3 Å². The van der Waals surface area contributed by atoms with Crippen LogP contribution in [0.2, 0.25) is 0 Å². The normalized spacial score (nSPS) is 24.7. The van der Waals surface area contributed by atoms with Gasteiger partial charge < -0.3 is 10.2 Å². The smallest absolute Gasteiger partial charge is 0.0418 e. The molecule has 2 heteroatoms. The summed E-state index contributed by atoms with van der Waals surface area (Å²) in [7, 11) is 0. The van der Waals surface area contributed by atoms with E-state index < -0.39 is 0 Å². The molecule has 0 amide bonds. The Morgan fingerprint density at radius 3 is 2.65 bits per heavy atom. The molecule has 3 aliphatic rings. The van der Waals surface area contributed by atoms with Gasteiger partial charge in [-0.15, -0.1) is 0 Å². The van der Waals surface area contributed by atoms with Crippen LogP contribution in [-0.4, -0.2) is 24.0 Å². The molecule has 0 aromatic heterocycles. The van der Waals surface area contributed by atoms with Crippen LogP contribution in [0.1, 0.15) is 107 Å². The predicted molar refractivity (Wildman–Crippen MR) is 147 cm³/mol. The Labute approximate surface area is 209 Å². The number of hydrogen-bond acceptors (Lipinski definition) is 2. The Balaban J connectivity index is 1.44. The van der Waals surface area contributed by atoms with Crippen LogP contribution in [0.4, 0.5) is 0 Å². The van der Waals surface area contributed by atoms with E-state index in [4.69, 9.17) is 0 Å². The molecule has 0 saturated carbocycles. The van der Waals surface area contributed by atoms with Gasteiger partial charge >= 0.3 is 0 Å². The molecular formula is C32H48N2. The van der Waals surface area contributed by atoms with Crippen molar-refractivity contribution in [2.45, 2.75) is 111 Å². The number of hydrogen-bond donors (Lipinski definition) is 1. The summed E-state index contributed by atoms with van der Waals surface area (Å²) in [5.41, 5.74) is 12.2. The maximum Gasteiger partial charge on any atom is 0.0418 e. The summed E-state index contributed by atoms with van der Waals surface area (Å²) < 4.78 is 0. The van der Waals surface area contributed by atoms with Crippen LogP contribution in [0.25, 0.3) is 0 Å². The molecule has 2 heterocycles. The maximum atomic E-state index is 4.32. The summed E-state index contributed by atoms with van der Waals surface area (Å²) in [6.07, 6.45) is 15.3. The minimum Gasteiger partial charge on any atom is -0.345 e. The fraction of sp³-hybridized carbons (Fsp3) is 0.625. The van der Waals surface area contributed by atoms with Crippen molar-refractivity contribution in [2.75, 3.05) is 13.1 Å². The number of fused-ring (bicyclic) bond motifs is 1. The van der Waals surface area contributed by atoms with Crippen molar-refractivity contribution in [3.63, 3.8) is 0 Å². The van der Waals surface area contributed by atoms with Crippen LogP contribution in [0.5, 0.6) is 0 Å². The van der Waals surface area contributed by atoms with Gasteiger partial charge in [0.15, 0.2) is 0 Å². The molecule has 0 bridgehead atoms. The topological polar surface area (TPSA) is 15.3 Å². The van der Waals surface area contributed by atoms with Gasteiger partial charge in [-0.1, -0.05) is 57.0 Å². The summed E-state index contributed by atoms with van der Waals surface area (Å²) in [4.78, 5) is 2.50. The molecule has 2 nitrogen and oxygen atoms in total. The Bertz CT molecular complexity index is 950. The van der Waals surface area contributed by atoms with Gasteiger partial charge in [-0.3, -0.25) is 0 Å². The average molecular weight is 461 g/mol. The van der Waals surface area contributed by atoms with Gasteiger partial charge in [-0.2, -0.15) is 0 Å². The van der Waals surface area contributed by atoms with Gasteiger partial charge in [0.05, 0.1) is 0 Å². The van der Waals surface area contributed by atoms with Crippen molar-refractivity contribution < 1.29 is 0 Å². The molecule has 1 aliphatic carbocycles. The van der Waals surface area contributed by atoms with Crippen molar-refractivity contribution in [3.8, 4) is 0 Å². The molecule has 1 aromatic carbocycles. The highest BCUT2D eigenvalue weighted by molar-refractivity contribution is 5.44. The van der Waals surface area contributed by atoms with Gasteiger partial charge in [0.25, 0.3) is 0 Å². The number of allylic oxidation sites excluding steroid dienone is 3. The highest BCUT2D eigenvalue weighted by atomic mass is 15.3. The highest BCUT2D eigenvalue weighted by Crippen LogP contribution is 2.45. The Morgan fingerprint density at radius 1 is 1.06 bits per heavy atom. The maximum absolute atomic E-state index is 4.32. The van der Waals surface area contributed by atoms with Gasteiger partial charge in [0.1, 0.15) is 0 Å². The number of aryl methyl sites for hydroxylation is 2. The summed E-state index contributed by atoms with van der Waals surface area (Å²) in [5, 5.41) is 3.82. The molecule has 0 spiro atoms. The molecule has 0 radical (unpaired) electrons. The summed E-state index contributed by atoms with van der Waals surface area (Å²) in [5.74, 6) is 1.27. The van der Waals surface area contributed by atoms with Gasteiger partial charge in [-0.25, -0.2) is 0 Å². The number of nitrogens with zero attached hydrogens (tertiary/aromatic N) is 1. The lowest BCUT2D eigenvalue weighted by Gasteiger charge is -2.54. The van der Waals surface area contributed by atoms with E-state index in [-0.39, 0.29) is 0 Å². The highest BCUT2D eigenvalue weighted by Gasteiger charge is 2.42. The van der Waals surface area contributed by atoms with Crippen molar-refractivity contribution in [1.29, 1.82) is 0 Å². The zero-order chi connectivity index (χ0) is 24.2. The first-order valence-corrected chi connectivity index (χ1v) is 14.1. The first-order valence-electron chi connectivity index (χ1n) is 14.1. The number of benzene rings is 1. The third-order valence-electron chi connectivity index (χ3n) is 8.81. The second-order valence-electron chi connectivity index (χ2n) is 11.3. The van der Waals surface area contributed by atoms with Crippen molar-refractivity contribution in [3.05, 3.63) is 69.6 Å². The molecule has 3 unspecified atom stereocenters. The minimum absolute atomic E-state index is 0.605. The molecular weight excluding hydrogens is 412 g/mol. The number of unbranched alkanes of at least 4 members (excludes halogenated alkanes) is 2. The van der Waals surface area contributed by atoms with E-state index in [1.54, 1.807) is 27.8 Å². The molecule has 1 fully saturated rings. The fourth-order valence-electron chi connectivity index (χ4n) is 6.74. The average Bonchev–Trinajstić information content (AvgIpc) is 2.82. The molecule has 1 aromatic rings. The minimum atomic E-state index is 0.605. The predicted octanol–water partition coefficient (Wildman–Crippen LogP) is 7.98. The largest absolute Gasteiger partial charge is 0.345 e. The van der Waals surface area contributed by atoms with Gasteiger partial charge in [-0.05, 0) is 107 Å². The van der Waals surface area contributed by atoms with E-state index in [1.807, 2.05) is 0 Å². The fourth-order valence-corrected chi connectivity index (χ4v) is 6.74. The molecule has 186 valence electrons. The SMILES string of the molecule is C=C1C(C)C2CCC(CNCCc3cc(CCCCC)cc(C)c3C3C=C(C)CCC3)=C(C)N12. The first-order chi connectivity index (χ1) is 16.4. The van der Waals surface area contributed by atoms with Crippen LogP contribution < -0.4 is 5.32 Å². The molecule has 3 atom stereocenters.